The number of carbonyl (C=O) groups is 1. The van der Waals surface area contributed by atoms with Crippen molar-refractivity contribution >= 4 is 22.1 Å². The monoisotopic (exact) mass is 324 g/mol. The molecular formula is C11H11F3N2O4S. The van der Waals surface area contributed by atoms with Gasteiger partial charge >= 0.3 is 12.1 Å². The van der Waals surface area contributed by atoms with E-state index >= 15 is 0 Å². The van der Waals surface area contributed by atoms with Crippen LogP contribution in [0.15, 0.2) is 29.4 Å². The van der Waals surface area contributed by atoms with E-state index in [1.165, 1.54) is 6.20 Å². The molecule has 1 aromatic rings. The molecule has 0 aromatic carbocycles. The summed E-state index contributed by atoms with van der Waals surface area (Å²) in [6.45, 7) is -1.63. The number of carboxylic acids is 1. The maximum atomic E-state index is 12.2. The second kappa shape index (κ2) is 6.22. The van der Waals surface area contributed by atoms with Crippen LogP contribution >= 0.6 is 0 Å². The number of halogens is 3. The van der Waals surface area contributed by atoms with Crippen molar-refractivity contribution in [1.82, 2.24) is 9.29 Å². The van der Waals surface area contributed by atoms with Crippen molar-refractivity contribution in [2.45, 2.75) is 11.1 Å². The normalized spacial score (nSPS) is 13.0. The Kier molecular flexibility index (Phi) is 5.07. The molecule has 6 nitrogen and oxygen atoms in total. The van der Waals surface area contributed by atoms with Gasteiger partial charge in [0.2, 0.25) is 10.0 Å². The smallest absolute Gasteiger partial charge is 0.402 e. The first-order chi connectivity index (χ1) is 9.52. The molecule has 0 aliphatic carbocycles. The van der Waals surface area contributed by atoms with Gasteiger partial charge in [-0.2, -0.15) is 17.5 Å². The molecule has 0 radical (unpaired) electrons. The quantitative estimate of drug-likeness (QED) is 0.826. The van der Waals surface area contributed by atoms with Crippen molar-refractivity contribution in [2.24, 2.45) is 0 Å². The van der Waals surface area contributed by atoms with Crippen LogP contribution in [0, 0.1) is 0 Å². The maximum Gasteiger partial charge on any atom is 0.402 e. The first kappa shape index (κ1) is 17.1. The van der Waals surface area contributed by atoms with Gasteiger partial charge < -0.3 is 5.11 Å². The summed E-state index contributed by atoms with van der Waals surface area (Å²) in [5.74, 6) is -1.25. The Labute approximate surface area is 118 Å². The van der Waals surface area contributed by atoms with Gasteiger partial charge in [0.25, 0.3) is 0 Å². The first-order valence-corrected chi connectivity index (χ1v) is 6.85. The summed E-state index contributed by atoms with van der Waals surface area (Å²) in [5.41, 5.74) is 0.138. The van der Waals surface area contributed by atoms with E-state index in [0.29, 0.717) is 0 Å². The molecule has 21 heavy (non-hydrogen) atoms. The van der Waals surface area contributed by atoms with E-state index in [1.807, 2.05) is 0 Å². The maximum absolute atomic E-state index is 12.2. The zero-order valence-corrected chi connectivity index (χ0v) is 11.5. The number of nitrogens with zero attached hydrogens (tertiary/aromatic N) is 2. The van der Waals surface area contributed by atoms with E-state index < -0.39 is 33.6 Å². The van der Waals surface area contributed by atoms with E-state index in [9.17, 15) is 26.4 Å². The number of carboxylic acid groups (broad SMARTS) is 1. The van der Waals surface area contributed by atoms with Crippen molar-refractivity contribution in [3.8, 4) is 0 Å². The van der Waals surface area contributed by atoms with Crippen molar-refractivity contribution < 1.29 is 31.5 Å². The molecule has 0 fully saturated rings. The Morgan fingerprint density at radius 1 is 1.43 bits per heavy atom. The summed E-state index contributed by atoms with van der Waals surface area (Å²) in [7, 11) is -3.57. The lowest BCUT2D eigenvalue weighted by molar-refractivity contribution is -0.134. The lowest BCUT2D eigenvalue weighted by Crippen LogP contribution is -2.35. The summed E-state index contributed by atoms with van der Waals surface area (Å²) in [6.07, 6.45) is -0.760. The zero-order chi connectivity index (χ0) is 16.3. The van der Waals surface area contributed by atoms with Crippen LogP contribution in [0.1, 0.15) is 5.56 Å². The Morgan fingerprint density at radius 3 is 2.57 bits per heavy atom. The number of aromatic nitrogens is 1. The van der Waals surface area contributed by atoms with Crippen LogP contribution in [0.3, 0.4) is 0 Å². The Morgan fingerprint density at radius 2 is 2.05 bits per heavy atom. The molecule has 0 aliphatic heterocycles. The van der Waals surface area contributed by atoms with Crippen LogP contribution in [0.4, 0.5) is 13.2 Å². The molecule has 0 spiro atoms. The van der Waals surface area contributed by atoms with Crippen molar-refractivity contribution in [1.29, 1.82) is 0 Å². The Hall–Kier alpha value is -1.94. The largest absolute Gasteiger partial charge is 0.478 e. The third kappa shape index (κ3) is 5.16. The molecule has 1 heterocycles. The molecule has 116 valence electrons. The van der Waals surface area contributed by atoms with Gasteiger partial charge in [0.05, 0.1) is 0 Å². The fourth-order valence-corrected chi connectivity index (χ4v) is 2.51. The number of sulfonamides is 1. The molecule has 0 amide bonds. The topological polar surface area (TPSA) is 87.6 Å². The standard InChI is InChI=1S/C11H11F3N2O4S/c1-16(7-11(12,13)14)21(19,20)9-4-8(5-15-6-9)2-3-10(17)18/h2-6H,7H2,1H3,(H,17,18). The van der Waals surface area contributed by atoms with E-state index in [4.69, 9.17) is 5.11 Å². The number of hydrogen-bond acceptors (Lipinski definition) is 4. The molecule has 0 atom stereocenters. The lowest BCUT2D eigenvalue weighted by Gasteiger charge is -2.18. The van der Waals surface area contributed by atoms with Crippen LogP contribution in [0.5, 0.6) is 0 Å². The highest BCUT2D eigenvalue weighted by molar-refractivity contribution is 7.89. The third-order valence-corrected chi connectivity index (χ3v) is 4.03. The second-order valence-electron chi connectivity index (χ2n) is 4.00. The average Bonchev–Trinajstić information content (AvgIpc) is 2.34. The molecule has 0 bridgehead atoms. The molecule has 10 heteroatoms. The zero-order valence-electron chi connectivity index (χ0n) is 10.7. The molecule has 0 saturated carbocycles. The Balaban J connectivity index is 3.09. The number of alkyl halides is 3. The van der Waals surface area contributed by atoms with E-state index in [1.54, 1.807) is 0 Å². The molecule has 0 unspecified atom stereocenters. The highest BCUT2D eigenvalue weighted by Gasteiger charge is 2.34. The second-order valence-corrected chi connectivity index (χ2v) is 6.05. The van der Waals surface area contributed by atoms with Gasteiger partial charge in [0, 0.05) is 25.5 Å². The minimum atomic E-state index is -4.67. The molecule has 1 rings (SSSR count). The predicted octanol–water partition coefficient (Wildman–Crippen LogP) is 1.36. The fraction of sp³-hybridized carbons (Fsp3) is 0.273. The summed E-state index contributed by atoms with van der Waals surface area (Å²) >= 11 is 0. The minimum Gasteiger partial charge on any atom is -0.478 e. The van der Waals surface area contributed by atoms with Gasteiger partial charge in [0.1, 0.15) is 11.4 Å². The SMILES string of the molecule is CN(CC(F)(F)F)S(=O)(=O)c1cncc(C=CC(=O)O)c1. The Bertz CT molecular complexity index is 656. The predicted molar refractivity (Wildman–Crippen MR) is 66.8 cm³/mol. The molecular weight excluding hydrogens is 313 g/mol. The summed E-state index contributed by atoms with van der Waals surface area (Å²) in [4.78, 5) is 13.5. The lowest BCUT2D eigenvalue weighted by atomic mass is 10.2. The molecule has 0 saturated heterocycles. The van der Waals surface area contributed by atoms with Gasteiger partial charge in [0.15, 0.2) is 0 Å². The third-order valence-electron chi connectivity index (χ3n) is 2.26. The summed E-state index contributed by atoms with van der Waals surface area (Å²) in [5, 5.41) is 8.46. The molecule has 1 aromatic heterocycles. The van der Waals surface area contributed by atoms with Gasteiger partial charge in [-0.1, -0.05) is 0 Å². The first-order valence-electron chi connectivity index (χ1n) is 5.41. The van der Waals surface area contributed by atoms with E-state index in [-0.39, 0.29) is 9.87 Å². The van der Waals surface area contributed by atoms with Crippen LogP contribution in [0.2, 0.25) is 0 Å². The average molecular weight is 324 g/mol. The van der Waals surface area contributed by atoms with Gasteiger partial charge in [-0.3, -0.25) is 4.98 Å². The van der Waals surface area contributed by atoms with Crippen LogP contribution in [-0.4, -0.2) is 48.6 Å². The minimum absolute atomic E-state index is 0.138. The highest BCUT2D eigenvalue weighted by Crippen LogP contribution is 2.21. The van der Waals surface area contributed by atoms with Crippen molar-refractivity contribution in [3.05, 3.63) is 30.1 Å². The van der Waals surface area contributed by atoms with Crippen molar-refractivity contribution in [2.75, 3.05) is 13.6 Å². The number of rotatable bonds is 5. The van der Waals surface area contributed by atoms with Crippen molar-refractivity contribution in [3.63, 3.8) is 0 Å². The fourth-order valence-electron chi connectivity index (χ4n) is 1.35. The van der Waals surface area contributed by atoms with Gasteiger partial charge in [-0.25, -0.2) is 13.2 Å². The summed E-state index contributed by atoms with van der Waals surface area (Å²) < 4.78 is 60.8. The van der Waals surface area contributed by atoms with Gasteiger partial charge in [-0.15, -0.1) is 0 Å². The van der Waals surface area contributed by atoms with Crippen LogP contribution in [-0.2, 0) is 14.8 Å². The number of aliphatic carboxylic acids is 1. The van der Waals surface area contributed by atoms with Crippen LogP contribution < -0.4 is 0 Å². The number of hydrogen-bond donors (Lipinski definition) is 1. The highest BCUT2D eigenvalue weighted by atomic mass is 32.2. The molecule has 1 N–H and O–H groups in total. The number of pyridine rings is 1. The van der Waals surface area contributed by atoms with Crippen LogP contribution in [0.25, 0.3) is 6.08 Å². The van der Waals surface area contributed by atoms with E-state index in [0.717, 1.165) is 31.5 Å². The van der Waals surface area contributed by atoms with Gasteiger partial charge in [-0.05, 0) is 17.7 Å². The summed E-state index contributed by atoms with van der Waals surface area (Å²) in [6, 6.07) is 1.04. The molecule has 0 aliphatic rings. The van der Waals surface area contributed by atoms with E-state index in [2.05, 4.69) is 4.98 Å².